The van der Waals surface area contributed by atoms with Crippen molar-refractivity contribution in [2.75, 3.05) is 12.0 Å². The number of rotatable bonds is 6. The minimum atomic E-state index is -3.27. The Morgan fingerprint density at radius 3 is 2.00 bits per heavy atom. The van der Waals surface area contributed by atoms with Crippen LogP contribution in [0.1, 0.15) is 34.1 Å². The van der Waals surface area contributed by atoms with E-state index in [1.54, 1.807) is 0 Å². The van der Waals surface area contributed by atoms with Gasteiger partial charge in [0.2, 0.25) is 0 Å². The molecule has 0 saturated heterocycles. The van der Waals surface area contributed by atoms with Gasteiger partial charge in [-0.15, -0.1) is 0 Å². The lowest BCUT2D eigenvalue weighted by molar-refractivity contribution is -0.139. The van der Waals surface area contributed by atoms with Crippen LogP contribution in [0.4, 0.5) is 4.79 Å². The van der Waals surface area contributed by atoms with E-state index in [2.05, 4.69) is 10.6 Å². The van der Waals surface area contributed by atoms with Crippen LogP contribution in [0.15, 0.2) is 0 Å². The molecule has 0 heterocycles. The Morgan fingerprint density at radius 1 is 1.19 bits per heavy atom. The van der Waals surface area contributed by atoms with E-state index in [9.17, 15) is 18.0 Å². The molecule has 21 heavy (non-hydrogen) atoms. The number of nitrogens with one attached hydrogen (secondary N) is 2. The summed E-state index contributed by atoms with van der Waals surface area (Å²) in [7, 11) is -3.27. The van der Waals surface area contributed by atoms with Crippen LogP contribution in [0.25, 0.3) is 0 Å². The summed E-state index contributed by atoms with van der Waals surface area (Å²) in [4.78, 5) is 22.9. The highest BCUT2D eigenvalue weighted by Gasteiger charge is 2.65. The number of carbonyl (C=O) groups is 2. The number of amides is 2. The number of aliphatic carboxylic acids is 1. The first-order chi connectivity index (χ1) is 9.29. The summed E-state index contributed by atoms with van der Waals surface area (Å²) in [5.74, 6) is -1.53. The average Bonchev–Trinajstić information content (AvgIpc) is 2.65. The number of hydrogen-bond acceptors (Lipinski definition) is 4. The lowest BCUT2D eigenvalue weighted by atomic mass is 10.0. The third-order valence-corrected chi connectivity index (χ3v) is 5.65. The van der Waals surface area contributed by atoms with E-state index in [4.69, 9.17) is 5.11 Å². The van der Waals surface area contributed by atoms with Gasteiger partial charge in [0.05, 0.1) is 5.75 Å². The largest absolute Gasteiger partial charge is 0.480 e. The molecule has 1 rings (SSSR count). The molecule has 1 aliphatic carbocycles. The van der Waals surface area contributed by atoms with E-state index >= 15 is 0 Å². The molecular formula is C13H24N2O5S. The molecule has 7 nitrogen and oxygen atoms in total. The summed E-state index contributed by atoms with van der Waals surface area (Å²) in [6.07, 6.45) is 0.875. The summed E-state index contributed by atoms with van der Waals surface area (Å²) < 4.78 is 22.2. The van der Waals surface area contributed by atoms with Gasteiger partial charge < -0.3 is 15.7 Å². The molecule has 1 atom stereocenters. The van der Waals surface area contributed by atoms with Crippen molar-refractivity contribution in [2.24, 2.45) is 10.8 Å². The van der Waals surface area contributed by atoms with Crippen molar-refractivity contribution < 1.29 is 23.1 Å². The van der Waals surface area contributed by atoms with Gasteiger partial charge in [0.1, 0.15) is 15.9 Å². The molecule has 0 radical (unpaired) electrons. The summed E-state index contributed by atoms with van der Waals surface area (Å²) >= 11 is 0. The van der Waals surface area contributed by atoms with Gasteiger partial charge in [-0.2, -0.15) is 0 Å². The molecule has 3 N–H and O–H groups in total. The van der Waals surface area contributed by atoms with Crippen LogP contribution in [0.3, 0.4) is 0 Å². The van der Waals surface area contributed by atoms with Crippen LogP contribution in [0.5, 0.6) is 0 Å². The van der Waals surface area contributed by atoms with Gasteiger partial charge in [0, 0.05) is 12.3 Å². The van der Waals surface area contributed by atoms with Crippen LogP contribution in [-0.2, 0) is 14.6 Å². The molecule has 0 aliphatic heterocycles. The zero-order valence-electron chi connectivity index (χ0n) is 13.1. The lowest BCUT2D eigenvalue weighted by Crippen LogP contribution is -2.48. The molecule has 122 valence electrons. The fraction of sp³-hybridized carbons (Fsp3) is 0.846. The van der Waals surface area contributed by atoms with Crippen LogP contribution in [0, 0.1) is 10.8 Å². The Labute approximate surface area is 125 Å². The highest BCUT2D eigenvalue weighted by atomic mass is 32.2. The van der Waals surface area contributed by atoms with Gasteiger partial charge in [0.25, 0.3) is 0 Å². The molecule has 1 saturated carbocycles. The van der Waals surface area contributed by atoms with Crippen molar-refractivity contribution in [1.29, 1.82) is 0 Å². The molecule has 0 aromatic heterocycles. The maximum Gasteiger partial charge on any atom is 0.326 e. The number of carboxylic acid groups (broad SMARTS) is 1. The first kappa shape index (κ1) is 17.7. The van der Waals surface area contributed by atoms with Crippen molar-refractivity contribution in [3.05, 3.63) is 0 Å². The number of urea groups is 1. The first-order valence-electron chi connectivity index (χ1n) is 6.76. The minimum Gasteiger partial charge on any atom is -0.480 e. The standard InChI is InChI=1S/C13H24N2O5S/c1-12(2)10(13(12,3)4)15-11(18)14-8(9(16)17)6-7-21(5,19)20/h8,10H,6-7H2,1-5H3,(H,16,17)(H2,14,15,18). The van der Waals surface area contributed by atoms with Crippen LogP contribution < -0.4 is 10.6 Å². The Balaban J connectivity index is 2.57. The summed E-state index contributed by atoms with van der Waals surface area (Å²) in [6.45, 7) is 8.10. The molecular weight excluding hydrogens is 296 g/mol. The first-order valence-corrected chi connectivity index (χ1v) is 8.82. The molecule has 0 bridgehead atoms. The summed E-state index contributed by atoms with van der Waals surface area (Å²) in [5, 5.41) is 14.1. The zero-order chi connectivity index (χ0) is 16.6. The molecule has 1 aliphatic rings. The Kier molecular flexibility index (Phi) is 4.62. The molecule has 2 amide bonds. The molecule has 1 fully saturated rings. The second-order valence-electron chi connectivity index (χ2n) is 6.80. The van der Waals surface area contributed by atoms with E-state index in [0.717, 1.165) is 6.26 Å². The van der Waals surface area contributed by atoms with Gasteiger partial charge in [-0.05, 0) is 17.3 Å². The van der Waals surface area contributed by atoms with Gasteiger partial charge >= 0.3 is 12.0 Å². The SMILES string of the molecule is CC1(C)C(NC(=O)NC(CCS(C)(=O)=O)C(=O)O)C1(C)C. The highest BCUT2D eigenvalue weighted by molar-refractivity contribution is 7.90. The van der Waals surface area contributed by atoms with Crippen LogP contribution >= 0.6 is 0 Å². The minimum absolute atomic E-state index is 0.0469. The van der Waals surface area contributed by atoms with Crippen molar-refractivity contribution in [3.8, 4) is 0 Å². The van der Waals surface area contributed by atoms with Crippen molar-refractivity contribution in [1.82, 2.24) is 10.6 Å². The normalized spacial score (nSPS) is 21.4. The lowest BCUT2D eigenvalue weighted by Gasteiger charge is -2.15. The fourth-order valence-electron chi connectivity index (χ4n) is 2.48. The quantitative estimate of drug-likeness (QED) is 0.663. The number of carbonyl (C=O) groups excluding carboxylic acids is 1. The van der Waals surface area contributed by atoms with Gasteiger partial charge in [-0.25, -0.2) is 18.0 Å². The van der Waals surface area contributed by atoms with E-state index in [1.807, 2.05) is 27.7 Å². The van der Waals surface area contributed by atoms with Crippen molar-refractivity contribution >= 4 is 21.8 Å². The molecule has 0 aromatic carbocycles. The average molecular weight is 320 g/mol. The Bertz CT molecular complexity index is 525. The summed E-state index contributed by atoms with van der Waals surface area (Å²) in [6, 6.07) is -1.85. The highest BCUT2D eigenvalue weighted by Crippen LogP contribution is 2.62. The number of sulfone groups is 1. The molecule has 0 spiro atoms. The predicted molar refractivity (Wildman–Crippen MR) is 78.8 cm³/mol. The number of carboxylic acids is 1. The van der Waals surface area contributed by atoms with Crippen molar-refractivity contribution in [3.63, 3.8) is 0 Å². The van der Waals surface area contributed by atoms with E-state index in [1.165, 1.54) is 0 Å². The predicted octanol–water partition coefficient (Wildman–Crippen LogP) is 0.608. The van der Waals surface area contributed by atoms with Gasteiger partial charge in [-0.3, -0.25) is 0 Å². The Morgan fingerprint density at radius 2 is 1.67 bits per heavy atom. The van der Waals surface area contributed by atoms with Crippen LogP contribution in [-0.4, -0.2) is 49.6 Å². The van der Waals surface area contributed by atoms with E-state index < -0.39 is 27.9 Å². The van der Waals surface area contributed by atoms with Crippen molar-refractivity contribution in [2.45, 2.75) is 46.2 Å². The maximum atomic E-state index is 11.9. The second kappa shape index (κ2) is 5.47. The molecule has 0 aromatic rings. The fourth-order valence-corrected chi connectivity index (χ4v) is 3.14. The number of hydrogen-bond donors (Lipinski definition) is 3. The van der Waals surface area contributed by atoms with Gasteiger partial charge in [0.15, 0.2) is 0 Å². The smallest absolute Gasteiger partial charge is 0.326 e. The van der Waals surface area contributed by atoms with Crippen LogP contribution in [0.2, 0.25) is 0 Å². The third-order valence-electron chi connectivity index (χ3n) is 4.68. The second-order valence-corrected chi connectivity index (χ2v) is 9.06. The summed E-state index contributed by atoms with van der Waals surface area (Å²) in [5.41, 5.74) is -0.119. The molecule has 1 unspecified atom stereocenters. The van der Waals surface area contributed by atoms with Gasteiger partial charge in [-0.1, -0.05) is 27.7 Å². The monoisotopic (exact) mass is 320 g/mol. The van der Waals surface area contributed by atoms with E-state index in [-0.39, 0.29) is 29.0 Å². The topological polar surface area (TPSA) is 113 Å². The zero-order valence-corrected chi connectivity index (χ0v) is 13.9. The third kappa shape index (κ3) is 4.09. The maximum absolute atomic E-state index is 11.9. The Hall–Kier alpha value is -1.31. The van der Waals surface area contributed by atoms with E-state index in [0.29, 0.717) is 0 Å². The molecule has 8 heteroatoms.